The highest BCUT2D eigenvalue weighted by Gasteiger charge is 2.32. The van der Waals surface area contributed by atoms with Gasteiger partial charge in [-0.3, -0.25) is 9.48 Å². The maximum absolute atomic E-state index is 12.5. The Hall–Kier alpha value is -1.32. The highest BCUT2D eigenvalue weighted by atomic mass is 16.2. The second-order valence-corrected chi connectivity index (χ2v) is 6.77. The fraction of sp³-hybridized carbons (Fsp3) is 0.765. The Balaban J connectivity index is 1.92. The van der Waals surface area contributed by atoms with Crippen LogP contribution in [0.1, 0.15) is 56.5 Å². The van der Waals surface area contributed by atoms with Gasteiger partial charge in [-0.1, -0.05) is 13.8 Å². The Labute approximate surface area is 128 Å². The third-order valence-corrected chi connectivity index (χ3v) is 4.50. The summed E-state index contributed by atoms with van der Waals surface area (Å²) < 4.78 is 1.91. The maximum Gasteiger partial charge on any atom is 0.223 e. The second-order valence-electron chi connectivity index (χ2n) is 6.77. The molecule has 0 spiro atoms. The predicted molar refractivity (Wildman–Crippen MR) is 85.2 cm³/mol. The van der Waals surface area contributed by atoms with Crippen LogP contribution >= 0.6 is 0 Å². The molecule has 1 aliphatic carbocycles. The van der Waals surface area contributed by atoms with Crippen molar-refractivity contribution in [1.29, 1.82) is 0 Å². The molecule has 1 amide bonds. The lowest BCUT2D eigenvalue weighted by atomic mass is 10.1. The van der Waals surface area contributed by atoms with Crippen molar-refractivity contribution in [3.63, 3.8) is 0 Å². The average molecular weight is 291 g/mol. The van der Waals surface area contributed by atoms with Crippen molar-refractivity contribution in [2.75, 3.05) is 6.54 Å². The van der Waals surface area contributed by atoms with E-state index in [1.165, 1.54) is 24.1 Å². The Bertz CT molecular complexity index is 500. The number of amides is 1. The number of hydrogen-bond donors (Lipinski definition) is 0. The predicted octanol–water partition coefficient (Wildman–Crippen LogP) is 3.01. The van der Waals surface area contributed by atoms with Gasteiger partial charge in [-0.05, 0) is 51.0 Å². The van der Waals surface area contributed by atoms with Crippen LogP contribution in [0.2, 0.25) is 0 Å². The van der Waals surface area contributed by atoms with Crippen molar-refractivity contribution in [3.05, 3.63) is 17.0 Å². The molecular weight excluding hydrogens is 262 g/mol. The zero-order valence-electron chi connectivity index (χ0n) is 14.1. The molecule has 4 nitrogen and oxygen atoms in total. The Kier molecular flexibility index (Phi) is 5.07. The summed E-state index contributed by atoms with van der Waals surface area (Å²) in [5, 5.41) is 4.43. The highest BCUT2D eigenvalue weighted by Crippen LogP contribution is 2.28. The van der Waals surface area contributed by atoms with E-state index in [1.54, 1.807) is 0 Å². The van der Waals surface area contributed by atoms with E-state index < -0.39 is 0 Å². The summed E-state index contributed by atoms with van der Waals surface area (Å²) in [6.45, 7) is 9.48. The van der Waals surface area contributed by atoms with E-state index in [0.717, 1.165) is 25.1 Å². The van der Waals surface area contributed by atoms with Crippen molar-refractivity contribution in [3.8, 4) is 0 Å². The number of nitrogens with zero attached hydrogens (tertiary/aromatic N) is 3. The monoisotopic (exact) mass is 291 g/mol. The summed E-state index contributed by atoms with van der Waals surface area (Å²) in [5.41, 5.74) is 3.48. The molecule has 1 heterocycles. The Morgan fingerprint density at radius 2 is 2.05 bits per heavy atom. The van der Waals surface area contributed by atoms with E-state index in [0.29, 0.717) is 24.3 Å². The lowest BCUT2D eigenvalue weighted by molar-refractivity contribution is -0.131. The lowest BCUT2D eigenvalue weighted by Gasteiger charge is -2.23. The van der Waals surface area contributed by atoms with Gasteiger partial charge < -0.3 is 4.90 Å². The molecule has 0 atom stereocenters. The van der Waals surface area contributed by atoms with E-state index in [4.69, 9.17) is 0 Å². The van der Waals surface area contributed by atoms with Crippen LogP contribution in [0.3, 0.4) is 0 Å². The van der Waals surface area contributed by atoms with Gasteiger partial charge in [0.25, 0.3) is 0 Å². The quantitative estimate of drug-likeness (QED) is 0.774. The van der Waals surface area contributed by atoms with E-state index in [-0.39, 0.29) is 0 Å². The molecule has 0 bridgehead atoms. The first-order valence-corrected chi connectivity index (χ1v) is 8.18. The zero-order valence-corrected chi connectivity index (χ0v) is 14.1. The topological polar surface area (TPSA) is 38.1 Å². The van der Waals surface area contributed by atoms with E-state index in [1.807, 2.05) is 18.7 Å². The standard InChI is InChI=1S/C17H29N3O/c1-12(2)10-11-20(15-6-7-15)17(21)9-8-16-13(3)18-19(5)14(16)4/h12,15H,6-11H2,1-5H3. The zero-order chi connectivity index (χ0) is 15.6. The fourth-order valence-corrected chi connectivity index (χ4v) is 2.85. The third kappa shape index (κ3) is 4.08. The molecular formula is C17H29N3O. The van der Waals surface area contributed by atoms with E-state index in [2.05, 4.69) is 30.8 Å². The second kappa shape index (κ2) is 6.63. The van der Waals surface area contributed by atoms with Crippen LogP contribution in [0.25, 0.3) is 0 Å². The van der Waals surface area contributed by atoms with Gasteiger partial charge in [0, 0.05) is 31.7 Å². The molecule has 1 aromatic rings. The minimum Gasteiger partial charge on any atom is -0.340 e. The summed E-state index contributed by atoms with van der Waals surface area (Å²) in [6, 6.07) is 0.521. The van der Waals surface area contributed by atoms with Gasteiger partial charge in [-0.2, -0.15) is 5.10 Å². The molecule has 1 saturated carbocycles. The molecule has 1 aliphatic rings. The minimum absolute atomic E-state index is 0.320. The number of aromatic nitrogens is 2. The van der Waals surface area contributed by atoms with Gasteiger partial charge in [0.2, 0.25) is 5.91 Å². The number of hydrogen-bond acceptors (Lipinski definition) is 2. The molecule has 0 saturated heterocycles. The lowest BCUT2D eigenvalue weighted by Crippen LogP contribution is -2.34. The Morgan fingerprint density at radius 1 is 1.38 bits per heavy atom. The van der Waals surface area contributed by atoms with E-state index in [9.17, 15) is 4.79 Å². The number of carbonyl (C=O) groups excluding carboxylic acids is 1. The first kappa shape index (κ1) is 16.1. The maximum atomic E-state index is 12.5. The highest BCUT2D eigenvalue weighted by molar-refractivity contribution is 5.77. The van der Waals surface area contributed by atoms with Crippen LogP contribution in [0, 0.1) is 19.8 Å². The molecule has 2 rings (SSSR count). The summed E-state index contributed by atoms with van der Waals surface area (Å²) in [6.07, 6.45) is 4.91. The van der Waals surface area contributed by atoms with Crippen LogP contribution in [0.4, 0.5) is 0 Å². The summed E-state index contributed by atoms with van der Waals surface area (Å²) in [5.74, 6) is 0.975. The number of rotatable bonds is 7. The summed E-state index contributed by atoms with van der Waals surface area (Å²) in [7, 11) is 1.97. The van der Waals surface area contributed by atoms with Gasteiger partial charge in [0.1, 0.15) is 0 Å². The van der Waals surface area contributed by atoms with Crippen LogP contribution in [-0.4, -0.2) is 33.2 Å². The molecule has 0 N–H and O–H groups in total. The molecule has 0 aromatic carbocycles. The molecule has 0 radical (unpaired) electrons. The van der Waals surface area contributed by atoms with Crippen molar-refractivity contribution >= 4 is 5.91 Å². The molecule has 0 aliphatic heterocycles. The largest absolute Gasteiger partial charge is 0.340 e. The smallest absolute Gasteiger partial charge is 0.223 e. The molecule has 1 fully saturated rings. The molecule has 4 heteroatoms. The van der Waals surface area contributed by atoms with Crippen LogP contribution in [-0.2, 0) is 18.3 Å². The third-order valence-electron chi connectivity index (χ3n) is 4.50. The minimum atomic E-state index is 0.320. The van der Waals surface area contributed by atoms with Crippen LogP contribution in [0.5, 0.6) is 0 Å². The number of aryl methyl sites for hydroxylation is 2. The van der Waals surface area contributed by atoms with Crippen LogP contribution in [0.15, 0.2) is 0 Å². The van der Waals surface area contributed by atoms with Crippen molar-refractivity contribution in [2.24, 2.45) is 13.0 Å². The van der Waals surface area contributed by atoms with Crippen molar-refractivity contribution in [1.82, 2.24) is 14.7 Å². The average Bonchev–Trinajstić information content (AvgIpc) is 3.19. The van der Waals surface area contributed by atoms with Gasteiger partial charge in [0.05, 0.1) is 5.69 Å². The van der Waals surface area contributed by atoms with Gasteiger partial charge in [-0.25, -0.2) is 0 Å². The van der Waals surface area contributed by atoms with Gasteiger partial charge in [0.15, 0.2) is 0 Å². The van der Waals surface area contributed by atoms with E-state index >= 15 is 0 Å². The van der Waals surface area contributed by atoms with Crippen LogP contribution < -0.4 is 0 Å². The number of carbonyl (C=O) groups is 1. The normalized spacial score (nSPS) is 14.8. The first-order chi connectivity index (χ1) is 9.90. The van der Waals surface area contributed by atoms with Crippen molar-refractivity contribution < 1.29 is 4.79 Å². The fourth-order valence-electron chi connectivity index (χ4n) is 2.85. The first-order valence-electron chi connectivity index (χ1n) is 8.18. The molecule has 118 valence electrons. The van der Waals surface area contributed by atoms with Gasteiger partial charge >= 0.3 is 0 Å². The Morgan fingerprint density at radius 3 is 2.52 bits per heavy atom. The molecule has 0 unspecified atom stereocenters. The SMILES string of the molecule is Cc1nn(C)c(C)c1CCC(=O)N(CCC(C)C)C1CC1. The summed E-state index contributed by atoms with van der Waals surface area (Å²) in [4.78, 5) is 14.7. The van der Waals surface area contributed by atoms with Crippen molar-refractivity contribution in [2.45, 2.75) is 65.8 Å². The molecule has 21 heavy (non-hydrogen) atoms. The molecule has 1 aromatic heterocycles. The van der Waals surface area contributed by atoms with Gasteiger partial charge in [-0.15, -0.1) is 0 Å². The summed E-state index contributed by atoms with van der Waals surface area (Å²) >= 11 is 0.